The van der Waals surface area contributed by atoms with Crippen LogP contribution in [0.5, 0.6) is 0 Å². The molecule has 31 heavy (non-hydrogen) atoms. The molecule has 1 aliphatic rings. The molecule has 1 aromatic heterocycles. The predicted octanol–water partition coefficient (Wildman–Crippen LogP) is 4.57. The second-order valence-corrected chi connectivity index (χ2v) is 8.50. The minimum absolute atomic E-state index is 0.0651. The summed E-state index contributed by atoms with van der Waals surface area (Å²) in [5.74, 6) is 0.655. The molecule has 0 bridgehead atoms. The molecule has 8 heteroatoms. The highest BCUT2D eigenvalue weighted by molar-refractivity contribution is 6.36. The van der Waals surface area contributed by atoms with Crippen molar-refractivity contribution in [3.63, 3.8) is 0 Å². The normalized spacial score (nSPS) is 19.4. The standard InChI is InChI=1S/C23H30Cl2N4O2/c1-5-18-21(15-9-8-14(24)10-17(15)25)27-19(6-2)23(28-18)29-20-12-26-11-16(20)22(30)13(4)31-7-3/h8-10,13,16,20,26H,5-7,11-12H2,1-4H3,(H,28,29)/t13?,16-,20+/m1/s1. The van der Waals surface area contributed by atoms with Crippen molar-refractivity contribution in [3.8, 4) is 11.3 Å². The van der Waals surface area contributed by atoms with E-state index in [1.165, 1.54) is 0 Å². The summed E-state index contributed by atoms with van der Waals surface area (Å²) in [7, 11) is 0. The second-order valence-electron chi connectivity index (χ2n) is 7.66. The van der Waals surface area contributed by atoms with Crippen molar-refractivity contribution >= 4 is 34.8 Å². The monoisotopic (exact) mass is 464 g/mol. The van der Waals surface area contributed by atoms with Crippen LogP contribution in [0.1, 0.15) is 39.1 Å². The van der Waals surface area contributed by atoms with Crippen LogP contribution < -0.4 is 10.6 Å². The lowest BCUT2D eigenvalue weighted by Gasteiger charge is -2.24. The van der Waals surface area contributed by atoms with Gasteiger partial charge in [-0.1, -0.05) is 37.0 Å². The van der Waals surface area contributed by atoms with Crippen LogP contribution in [0.15, 0.2) is 18.2 Å². The summed E-state index contributed by atoms with van der Waals surface area (Å²) in [6.45, 7) is 9.63. The fourth-order valence-electron chi connectivity index (χ4n) is 3.95. The van der Waals surface area contributed by atoms with E-state index < -0.39 is 6.10 Å². The first-order valence-electron chi connectivity index (χ1n) is 10.9. The number of hydrogen-bond donors (Lipinski definition) is 2. The van der Waals surface area contributed by atoms with Gasteiger partial charge >= 0.3 is 0 Å². The maximum Gasteiger partial charge on any atom is 0.167 e. The summed E-state index contributed by atoms with van der Waals surface area (Å²) in [4.78, 5) is 22.7. The lowest BCUT2D eigenvalue weighted by Crippen LogP contribution is -2.39. The van der Waals surface area contributed by atoms with Crippen LogP contribution in [0.2, 0.25) is 10.0 Å². The average molecular weight is 465 g/mol. The first kappa shape index (κ1) is 23.9. The van der Waals surface area contributed by atoms with Crippen LogP contribution in [0.3, 0.4) is 0 Å². The number of nitrogens with zero attached hydrogens (tertiary/aromatic N) is 2. The quantitative estimate of drug-likeness (QED) is 0.565. The van der Waals surface area contributed by atoms with Crippen molar-refractivity contribution in [2.45, 2.75) is 52.7 Å². The molecule has 0 spiro atoms. The van der Waals surface area contributed by atoms with E-state index in [1.807, 2.05) is 39.8 Å². The number of rotatable bonds is 9. The van der Waals surface area contributed by atoms with Crippen molar-refractivity contribution in [2.24, 2.45) is 5.92 Å². The van der Waals surface area contributed by atoms with Crippen LogP contribution in [0.4, 0.5) is 5.82 Å². The zero-order chi connectivity index (χ0) is 22.5. The number of ether oxygens (including phenoxy) is 1. The number of nitrogens with one attached hydrogen (secondary N) is 2. The van der Waals surface area contributed by atoms with Gasteiger partial charge in [0.2, 0.25) is 0 Å². The van der Waals surface area contributed by atoms with Gasteiger partial charge in [0.15, 0.2) is 5.78 Å². The van der Waals surface area contributed by atoms with Crippen molar-refractivity contribution in [2.75, 3.05) is 25.0 Å². The molecule has 2 aromatic rings. The lowest BCUT2D eigenvalue weighted by molar-refractivity contribution is -0.132. The maximum absolute atomic E-state index is 12.9. The number of Topliss-reactive ketones (excluding diaryl/α,β-unsaturated/α-hetero) is 1. The molecule has 3 rings (SSSR count). The number of benzene rings is 1. The Labute approximate surface area is 194 Å². The van der Waals surface area contributed by atoms with Gasteiger partial charge in [-0.3, -0.25) is 4.79 Å². The number of halogens is 2. The molecule has 2 N–H and O–H groups in total. The summed E-state index contributed by atoms with van der Waals surface area (Å²) in [5, 5.41) is 7.95. The largest absolute Gasteiger partial charge is 0.371 e. The summed E-state index contributed by atoms with van der Waals surface area (Å²) in [6.07, 6.45) is 0.981. The van der Waals surface area contributed by atoms with Crippen molar-refractivity contribution in [3.05, 3.63) is 39.6 Å². The van der Waals surface area contributed by atoms with Crippen molar-refractivity contribution < 1.29 is 9.53 Å². The highest BCUT2D eigenvalue weighted by Crippen LogP contribution is 2.33. The summed E-state index contributed by atoms with van der Waals surface area (Å²) in [5.41, 5.74) is 3.28. The van der Waals surface area contributed by atoms with Crippen LogP contribution in [-0.2, 0) is 22.4 Å². The van der Waals surface area contributed by atoms with E-state index in [4.69, 9.17) is 37.9 Å². The number of carbonyl (C=O) groups excluding carboxylic acids is 1. The van der Waals surface area contributed by atoms with Gasteiger partial charge < -0.3 is 15.4 Å². The summed E-state index contributed by atoms with van der Waals surface area (Å²) < 4.78 is 5.53. The fourth-order valence-corrected chi connectivity index (χ4v) is 4.45. The second kappa shape index (κ2) is 10.7. The van der Waals surface area contributed by atoms with Crippen LogP contribution in [0, 0.1) is 5.92 Å². The fraction of sp³-hybridized carbons (Fsp3) is 0.522. The van der Waals surface area contributed by atoms with Crippen LogP contribution in [0.25, 0.3) is 11.3 Å². The van der Waals surface area contributed by atoms with E-state index in [-0.39, 0.29) is 17.7 Å². The number of carbonyl (C=O) groups is 1. The molecule has 3 atom stereocenters. The third kappa shape index (κ3) is 5.37. The van der Waals surface area contributed by atoms with Crippen LogP contribution in [-0.4, -0.2) is 47.6 Å². The number of anilines is 1. The third-order valence-electron chi connectivity index (χ3n) is 5.62. The molecule has 0 amide bonds. The zero-order valence-corrected chi connectivity index (χ0v) is 20.0. The molecule has 168 valence electrons. The molecule has 1 unspecified atom stereocenters. The SMILES string of the molecule is CCOC(C)C(=O)[C@@H]1CNC[C@@H]1Nc1nc(CC)c(-c2ccc(Cl)cc2Cl)nc1CC. The van der Waals surface area contributed by atoms with Crippen molar-refractivity contribution in [1.29, 1.82) is 0 Å². The Bertz CT molecular complexity index is 938. The zero-order valence-electron chi connectivity index (χ0n) is 18.5. The van der Waals surface area contributed by atoms with Gasteiger partial charge in [0.25, 0.3) is 0 Å². The van der Waals surface area contributed by atoms with E-state index in [9.17, 15) is 4.79 Å². The van der Waals surface area contributed by atoms with E-state index in [0.29, 0.717) is 42.6 Å². The highest BCUT2D eigenvalue weighted by Gasteiger charge is 2.36. The number of aryl methyl sites for hydroxylation is 2. The number of ketones is 1. The summed E-state index contributed by atoms with van der Waals surface area (Å²) in [6, 6.07) is 5.34. The Balaban J connectivity index is 1.92. The molecule has 0 saturated carbocycles. The van der Waals surface area contributed by atoms with Gasteiger partial charge in [-0.15, -0.1) is 0 Å². The molecule has 1 fully saturated rings. The average Bonchev–Trinajstić information content (AvgIpc) is 3.21. The van der Waals surface area contributed by atoms with Gasteiger partial charge in [-0.25, -0.2) is 9.97 Å². The number of hydrogen-bond acceptors (Lipinski definition) is 6. The van der Waals surface area contributed by atoms with Gasteiger partial charge in [-0.2, -0.15) is 0 Å². The molecular weight excluding hydrogens is 435 g/mol. The minimum atomic E-state index is -0.420. The van der Waals surface area contributed by atoms with Crippen LogP contribution >= 0.6 is 23.2 Å². The maximum atomic E-state index is 12.9. The lowest BCUT2D eigenvalue weighted by atomic mass is 9.95. The van der Waals surface area contributed by atoms with Gasteiger partial charge in [0.1, 0.15) is 11.9 Å². The van der Waals surface area contributed by atoms with E-state index in [2.05, 4.69) is 10.6 Å². The third-order valence-corrected chi connectivity index (χ3v) is 6.16. The summed E-state index contributed by atoms with van der Waals surface area (Å²) >= 11 is 12.5. The smallest absolute Gasteiger partial charge is 0.167 e. The van der Waals surface area contributed by atoms with Gasteiger partial charge in [0, 0.05) is 30.3 Å². The van der Waals surface area contributed by atoms with Gasteiger partial charge in [-0.05, 0) is 44.9 Å². The number of aromatic nitrogens is 2. The Kier molecular flexibility index (Phi) is 8.28. The molecule has 0 radical (unpaired) electrons. The molecule has 1 aromatic carbocycles. The van der Waals surface area contributed by atoms with E-state index in [0.717, 1.165) is 28.5 Å². The first-order chi connectivity index (χ1) is 14.9. The topological polar surface area (TPSA) is 76.1 Å². The minimum Gasteiger partial charge on any atom is -0.371 e. The Morgan fingerprint density at radius 1 is 1.19 bits per heavy atom. The Hall–Kier alpha value is -1.73. The predicted molar refractivity (Wildman–Crippen MR) is 126 cm³/mol. The molecule has 2 heterocycles. The van der Waals surface area contributed by atoms with E-state index in [1.54, 1.807) is 6.07 Å². The Morgan fingerprint density at radius 3 is 2.58 bits per heavy atom. The van der Waals surface area contributed by atoms with Gasteiger partial charge in [0.05, 0.1) is 34.1 Å². The molecular formula is C23H30Cl2N4O2. The molecule has 6 nitrogen and oxygen atoms in total. The highest BCUT2D eigenvalue weighted by atomic mass is 35.5. The van der Waals surface area contributed by atoms with Crippen molar-refractivity contribution in [1.82, 2.24) is 15.3 Å². The van der Waals surface area contributed by atoms with E-state index >= 15 is 0 Å². The molecule has 1 saturated heterocycles. The Morgan fingerprint density at radius 2 is 1.94 bits per heavy atom. The molecule has 1 aliphatic heterocycles. The molecule has 0 aliphatic carbocycles. The first-order valence-corrected chi connectivity index (χ1v) is 11.6.